The number of piperidine rings is 1. The average Bonchev–Trinajstić information content (AvgIpc) is 2.47. The zero-order chi connectivity index (χ0) is 14.2. The molecular weight excluding hydrogens is 298 g/mol. The van der Waals surface area contributed by atoms with Gasteiger partial charge < -0.3 is 5.32 Å². The molecular formula is C13H14ClN3O2S. The van der Waals surface area contributed by atoms with Crippen molar-refractivity contribution in [1.29, 1.82) is 0 Å². The lowest BCUT2D eigenvalue weighted by molar-refractivity contribution is 0.495. The van der Waals surface area contributed by atoms with Gasteiger partial charge >= 0.3 is 0 Å². The number of rotatable bonds is 2. The minimum absolute atomic E-state index is 0.0470. The van der Waals surface area contributed by atoms with E-state index in [0.29, 0.717) is 24.0 Å². The van der Waals surface area contributed by atoms with Crippen LogP contribution in [0.25, 0.3) is 11.0 Å². The highest BCUT2D eigenvalue weighted by Crippen LogP contribution is 2.26. The van der Waals surface area contributed by atoms with E-state index < -0.39 is 15.1 Å². The van der Waals surface area contributed by atoms with Gasteiger partial charge in [-0.1, -0.05) is 23.7 Å². The predicted octanol–water partition coefficient (Wildman–Crippen LogP) is 1.81. The van der Waals surface area contributed by atoms with E-state index in [4.69, 9.17) is 11.6 Å². The molecule has 1 aromatic carbocycles. The number of hydrogen-bond acceptors (Lipinski definition) is 5. The van der Waals surface area contributed by atoms with Crippen LogP contribution in [0.15, 0.2) is 29.3 Å². The smallest absolute Gasteiger partial charge is 0.202 e. The maximum absolute atomic E-state index is 12.6. The van der Waals surface area contributed by atoms with Gasteiger partial charge in [0.1, 0.15) is 0 Å². The molecule has 2 aromatic rings. The molecule has 0 aliphatic carbocycles. The fourth-order valence-electron chi connectivity index (χ4n) is 2.39. The third-order valence-corrected chi connectivity index (χ3v) is 5.94. The van der Waals surface area contributed by atoms with Crippen molar-refractivity contribution in [2.75, 3.05) is 13.1 Å². The molecule has 20 heavy (non-hydrogen) atoms. The van der Waals surface area contributed by atoms with Gasteiger partial charge in [0.05, 0.1) is 16.3 Å². The van der Waals surface area contributed by atoms with Crippen LogP contribution < -0.4 is 5.32 Å². The SMILES string of the molecule is O=S(=O)(c1nc2ccccc2nc1Cl)C1CCCNC1. The zero-order valence-electron chi connectivity index (χ0n) is 10.7. The number of benzene rings is 1. The van der Waals surface area contributed by atoms with E-state index in [1.807, 2.05) is 6.07 Å². The fourth-order valence-corrected chi connectivity index (χ4v) is 4.48. The number of aromatic nitrogens is 2. The molecule has 1 atom stereocenters. The minimum atomic E-state index is -3.55. The van der Waals surface area contributed by atoms with Gasteiger partial charge in [0.2, 0.25) is 9.84 Å². The molecule has 1 saturated heterocycles. The van der Waals surface area contributed by atoms with E-state index in [0.717, 1.165) is 13.0 Å². The summed E-state index contributed by atoms with van der Waals surface area (Å²) in [5, 5.41) is 2.46. The van der Waals surface area contributed by atoms with Crippen LogP contribution in [0.5, 0.6) is 0 Å². The van der Waals surface area contributed by atoms with Gasteiger partial charge in [-0.3, -0.25) is 0 Å². The first-order valence-electron chi connectivity index (χ1n) is 6.46. The van der Waals surface area contributed by atoms with Gasteiger partial charge in [0, 0.05) is 6.54 Å². The van der Waals surface area contributed by atoms with Crippen LogP contribution in [0.4, 0.5) is 0 Å². The Balaban J connectivity index is 2.10. The third kappa shape index (κ3) is 2.39. The molecule has 0 bridgehead atoms. The minimum Gasteiger partial charge on any atom is -0.315 e. The first kappa shape index (κ1) is 13.7. The number of hydrogen-bond donors (Lipinski definition) is 1. The Hall–Kier alpha value is -1.24. The van der Waals surface area contributed by atoms with Gasteiger partial charge in [-0.2, -0.15) is 0 Å². The van der Waals surface area contributed by atoms with Crippen molar-refractivity contribution < 1.29 is 8.42 Å². The quantitative estimate of drug-likeness (QED) is 0.916. The maximum atomic E-state index is 12.6. The van der Waals surface area contributed by atoms with Crippen molar-refractivity contribution in [2.24, 2.45) is 0 Å². The Kier molecular flexibility index (Phi) is 3.62. The topological polar surface area (TPSA) is 72.0 Å². The number of halogens is 1. The van der Waals surface area contributed by atoms with Crippen LogP contribution in [0, 0.1) is 0 Å². The molecule has 7 heteroatoms. The number of fused-ring (bicyclic) bond motifs is 1. The zero-order valence-corrected chi connectivity index (χ0v) is 12.3. The Morgan fingerprint density at radius 1 is 1.20 bits per heavy atom. The van der Waals surface area contributed by atoms with Gasteiger partial charge in [-0.25, -0.2) is 18.4 Å². The van der Waals surface area contributed by atoms with Gasteiger partial charge in [0.25, 0.3) is 0 Å². The lowest BCUT2D eigenvalue weighted by Gasteiger charge is -2.22. The Morgan fingerprint density at radius 2 is 1.90 bits per heavy atom. The van der Waals surface area contributed by atoms with Crippen molar-refractivity contribution in [2.45, 2.75) is 23.1 Å². The summed E-state index contributed by atoms with van der Waals surface area (Å²) in [7, 11) is -3.55. The van der Waals surface area contributed by atoms with Crippen molar-refractivity contribution in [3.8, 4) is 0 Å². The predicted molar refractivity (Wildman–Crippen MR) is 77.6 cm³/mol. The molecule has 3 rings (SSSR count). The standard InChI is InChI=1S/C13H14ClN3O2S/c14-12-13(17-11-6-2-1-5-10(11)16-12)20(18,19)9-4-3-7-15-8-9/h1-2,5-6,9,15H,3-4,7-8H2. The number of nitrogens with one attached hydrogen (secondary N) is 1. The summed E-state index contributed by atoms with van der Waals surface area (Å²) >= 11 is 6.03. The molecule has 1 aliphatic rings. The van der Waals surface area contributed by atoms with Crippen LogP contribution in [0.2, 0.25) is 5.15 Å². The summed E-state index contributed by atoms with van der Waals surface area (Å²) in [5.74, 6) is 0. The molecule has 0 saturated carbocycles. The number of sulfone groups is 1. The Bertz CT molecular complexity index is 742. The molecule has 5 nitrogen and oxygen atoms in total. The molecule has 0 radical (unpaired) electrons. The molecule has 1 unspecified atom stereocenters. The molecule has 0 spiro atoms. The van der Waals surface area contributed by atoms with Gasteiger partial charge in [-0.05, 0) is 31.5 Å². The largest absolute Gasteiger partial charge is 0.315 e. The summed E-state index contributed by atoms with van der Waals surface area (Å²) in [6, 6.07) is 7.10. The van der Waals surface area contributed by atoms with Crippen molar-refractivity contribution in [1.82, 2.24) is 15.3 Å². The summed E-state index contributed by atoms with van der Waals surface area (Å²) in [5.41, 5.74) is 1.14. The van der Waals surface area contributed by atoms with Crippen molar-refractivity contribution >= 4 is 32.5 Å². The second kappa shape index (κ2) is 5.27. The fraction of sp³-hybridized carbons (Fsp3) is 0.385. The second-order valence-electron chi connectivity index (χ2n) is 4.82. The lowest BCUT2D eigenvalue weighted by atomic mass is 10.2. The monoisotopic (exact) mass is 311 g/mol. The highest BCUT2D eigenvalue weighted by molar-refractivity contribution is 7.92. The Labute approximate surface area is 122 Å². The number of para-hydroxylation sites is 2. The first-order chi connectivity index (χ1) is 9.59. The lowest BCUT2D eigenvalue weighted by Crippen LogP contribution is -2.39. The van der Waals surface area contributed by atoms with E-state index in [1.54, 1.807) is 18.2 Å². The molecule has 1 N–H and O–H groups in total. The first-order valence-corrected chi connectivity index (χ1v) is 8.38. The van der Waals surface area contributed by atoms with Crippen LogP contribution in [-0.4, -0.2) is 36.7 Å². The van der Waals surface area contributed by atoms with Crippen molar-refractivity contribution in [3.05, 3.63) is 29.4 Å². The molecule has 1 fully saturated rings. The molecule has 0 amide bonds. The summed E-state index contributed by atoms with van der Waals surface area (Å²) < 4.78 is 25.2. The normalized spacial score (nSPS) is 20.1. The van der Waals surface area contributed by atoms with E-state index >= 15 is 0 Å². The molecule has 106 valence electrons. The average molecular weight is 312 g/mol. The van der Waals surface area contributed by atoms with Crippen LogP contribution in [-0.2, 0) is 9.84 Å². The van der Waals surface area contributed by atoms with Crippen LogP contribution in [0.3, 0.4) is 0 Å². The Morgan fingerprint density at radius 3 is 2.55 bits per heavy atom. The third-order valence-electron chi connectivity index (χ3n) is 3.46. The van der Waals surface area contributed by atoms with E-state index in [2.05, 4.69) is 15.3 Å². The molecule has 1 aromatic heterocycles. The summed E-state index contributed by atoms with van der Waals surface area (Å²) in [4.78, 5) is 8.35. The molecule has 2 heterocycles. The van der Waals surface area contributed by atoms with Gasteiger partial charge in [0.15, 0.2) is 10.2 Å². The molecule has 1 aliphatic heterocycles. The second-order valence-corrected chi connectivity index (χ2v) is 7.32. The van der Waals surface area contributed by atoms with E-state index in [9.17, 15) is 8.42 Å². The number of nitrogens with zero attached hydrogens (tertiary/aromatic N) is 2. The van der Waals surface area contributed by atoms with Crippen LogP contribution >= 0.6 is 11.6 Å². The van der Waals surface area contributed by atoms with Crippen molar-refractivity contribution in [3.63, 3.8) is 0 Å². The summed E-state index contributed by atoms with van der Waals surface area (Å²) in [6.07, 6.45) is 1.46. The summed E-state index contributed by atoms with van der Waals surface area (Å²) in [6.45, 7) is 1.29. The van der Waals surface area contributed by atoms with E-state index in [1.165, 1.54) is 0 Å². The van der Waals surface area contributed by atoms with E-state index in [-0.39, 0.29) is 10.2 Å². The highest BCUT2D eigenvalue weighted by atomic mass is 35.5. The maximum Gasteiger partial charge on any atom is 0.202 e. The van der Waals surface area contributed by atoms with Gasteiger partial charge in [-0.15, -0.1) is 0 Å². The highest BCUT2D eigenvalue weighted by Gasteiger charge is 2.32. The van der Waals surface area contributed by atoms with Crippen LogP contribution in [0.1, 0.15) is 12.8 Å².